The van der Waals surface area contributed by atoms with Gasteiger partial charge >= 0.3 is 0 Å². The maximum atomic E-state index is 4.11. The van der Waals surface area contributed by atoms with Crippen molar-refractivity contribution in [2.45, 2.75) is 32.7 Å². The molecule has 12 heavy (non-hydrogen) atoms. The molecule has 0 aromatic carbocycles. The molecule has 0 spiro atoms. The van der Waals surface area contributed by atoms with Gasteiger partial charge in [-0.05, 0) is 12.8 Å². The van der Waals surface area contributed by atoms with Crippen molar-refractivity contribution in [1.29, 1.82) is 0 Å². The van der Waals surface area contributed by atoms with Gasteiger partial charge in [0, 0.05) is 19.5 Å². The Morgan fingerprint density at radius 3 is 3.17 bits per heavy atom. The second-order valence-electron chi connectivity index (χ2n) is 3.08. The van der Waals surface area contributed by atoms with Crippen molar-refractivity contribution >= 4 is 5.95 Å². The van der Waals surface area contributed by atoms with Gasteiger partial charge in [0.15, 0.2) is 0 Å². The van der Waals surface area contributed by atoms with Gasteiger partial charge in [-0.2, -0.15) is 0 Å². The van der Waals surface area contributed by atoms with Gasteiger partial charge in [-0.3, -0.25) is 4.57 Å². The first kappa shape index (κ1) is 7.58. The number of fused-ring (bicyclic) bond motifs is 1. The molecule has 0 radical (unpaired) electrons. The molecule has 2 heterocycles. The number of aromatic nitrogens is 3. The van der Waals surface area contributed by atoms with Crippen LogP contribution in [-0.2, 0) is 13.0 Å². The van der Waals surface area contributed by atoms with Crippen LogP contribution in [0.2, 0.25) is 0 Å². The van der Waals surface area contributed by atoms with E-state index in [9.17, 15) is 0 Å². The van der Waals surface area contributed by atoms with Crippen LogP contribution in [0.4, 0.5) is 5.95 Å². The fourth-order valence-corrected chi connectivity index (χ4v) is 1.56. The quantitative estimate of drug-likeness (QED) is 0.678. The van der Waals surface area contributed by atoms with E-state index in [0.29, 0.717) is 0 Å². The number of hydrogen-bond acceptors (Lipinski definition) is 3. The van der Waals surface area contributed by atoms with Gasteiger partial charge in [0.2, 0.25) is 5.95 Å². The van der Waals surface area contributed by atoms with Crippen molar-refractivity contribution in [2.24, 2.45) is 0 Å². The van der Waals surface area contributed by atoms with Gasteiger partial charge in [0.25, 0.3) is 0 Å². The van der Waals surface area contributed by atoms with E-state index in [-0.39, 0.29) is 0 Å². The fraction of sp³-hybridized carbons (Fsp3) is 0.750. The molecule has 4 heteroatoms. The van der Waals surface area contributed by atoms with Crippen molar-refractivity contribution in [3.8, 4) is 0 Å². The second kappa shape index (κ2) is 3.13. The van der Waals surface area contributed by atoms with Crippen molar-refractivity contribution < 1.29 is 0 Å². The van der Waals surface area contributed by atoms with E-state index in [1.807, 2.05) is 0 Å². The number of rotatable bonds is 1. The van der Waals surface area contributed by atoms with Crippen LogP contribution in [-0.4, -0.2) is 21.3 Å². The molecule has 0 bridgehead atoms. The lowest BCUT2D eigenvalue weighted by Crippen LogP contribution is -2.05. The van der Waals surface area contributed by atoms with Crippen LogP contribution < -0.4 is 5.32 Å². The van der Waals surface area contributed by atoms with E-state index in [4.69, 9.17) is 0 Å². The summed E-state index contributed by atoms with van der Waals surface area (Å²) in [6, 6.07) is 0. The highest BCUT2D eigenvalue weighted by atomic mass is 15.4. The van der Waals surface area contributed by atoms with Crippen LogP contribution in [0.1, 0.15) is 25.6 Å². The average molecular weight is 166 g/mol. The largest absolute Gasteiger partial charge is 0.354 e. The van der Waals surface area contributed by atoms with Crippen molar-refractivity contribution in [2.75, 3.05) is 11.9 Å². The molecule has 0 atom stereocenters. The van der Waals surface area contributed by atoms with Crippen LogP contribution in [0.5, 0.6) is 0 Å². The molecule has 1 N–H and O–H groups in total. The molecule has 0 saturated heterocycles. The van der Waals surface area contributed by atoms with E-state index < -0.39 is 0 Å². The number of aryl methyl sites for hydroxylation is 1. The molecular formula is C8H14N4. The Morgan fingerprint density at radius 2 is 2.33 bits per heavy atom. The molecule has 0 saturated carbocycles. The zero-order chi connectivity index (χ0) is 8.39. The van der Waals surface area contributed by atoms with Gasteiger partial charge in [-0.25, -0.2) is 0 Å². The van der Waals surface area contributed by atoms with Gasteiger partial charge in [0.1, 0.15) is 5.82 Å². The predicted octanol–water partition coefficient (Wildman–Crippen LogP) is 1.05. The first-order chi connectivity index (χ1) is 5.92. The third kappa shape index (κ3) is 1.17. The van der Waals surface area contributed by atoms with E-state index in [1.165, 1.54) is 12.8 Å². The Hall–Kier alpha value is -1.06. The van der Waals surface area contributed by atoms with Gasteiger partial charge in [-0.1, -0.05) is 6.92 Å². The normalized spacial score (nSPS) is 16.4. The minimum absolute atomic E-state index is 0.948. The highest BCUT2D eigenvalue weighted by Crippen LogP contribution is 2.13. The molecule has 66 valence electrons. The Bertz CT molecular complexity index is 266. The van der Waals surface area contributed by atoms with E-state index in [0.717, 1.165) is 31.3 Å². The van der Waals surface area contributed by atoms with E-state index >= 15 is 0 Å². The Balaban J connectivity index is 2.32. The Morgan fingerprint density at radius 1 is 1.42 bits per heavy atom. The predicted molar refractivity (Wildman–Crippen MR) is 47.1 cm³/mol. The van der Waals surface area contributed by atoms with Gasteiger partial charge in [-0.15, -0.1) is 10.2 Å². The standard InChI is InChI=1S/C8H14N4/c1-2-7-10-11-8-9-5-3-4-6-12(7)8/h2-6H2,1H3,(H,9,11). The first-order valence-electron chi connectivity index (χ1n) is 4.57. The summed E-state index contributed by atoms with van der Waals surface area (Å²) in [5.41, 5.74) is 0. The second-order valence-corrected chi connectivity index (χ2v) is 3.08. The third-order valence-electron chi connectivity index (χ3n) is 2.24. The van der Waals surface area contributed by atoms with E-state index in [1.54, 1.807) is 0 Å². The maximum Gasteiger partial charge on any atom is 0.224 e. The number of hydrogen-bond donors (Lipinski definition) is 1. The van der Waals surface area contributed by atoms with Crippen molar-refractivity contribution in [3.05, 3.63) is 5.82 Å². The summed E-state index contributed by atoms with van der Waals surface area (Å²) in [6.07, 6.45) is 3.42. The lowest BCUT2D eigenvalue weighted by Gasteiger charge is -2.03. The smallest absolute Gasteiger partial charge is 0.224 e. The lowest BCUT2D eigenvalue weighted by atomic mass is 10.3. The van der Waals surface area contributed by atoms with Gasteiger partial charge in [0.05, 0.1) is 0 Å². The summed E-state index contributed by atoms with van der Waals surface area (Å²) in [6.45, 7) is 4.21. The zero-order valence-electron chi connectivity index (χ0n) is 7.38. The molecule has 0 unspecified atom stereocenters. The third-order valence-corrected chi connectivity index (χ3v) is 2.24. The molecule has 0 fully saturated rings. The topological polar surface area (TPSA) is 42.7 Å². The minimum atomic E-state index is 0.948. The number of nitrogens with one attached hydrogen (secondary N) is 1. The van der Waals surface area contributed by atoms with Gasteiger partial charge < -0.3 is 5.32 Å². The molecule has 1 aromatic rings. The Labute approximate surface area is 72.0 Å². The average Bonchev–Trinajstić information content (AvgIpc) is 2.33. The molecule has 2 rings (SSSR count). The number of anilines is 1. The zero-order valence-corrected chi connectivity index (χ0v) is 7.38. The highest BCUT2D eigenvalue weighted by Gasteiger charge is 2.11. The summed E-state index contributed by atoms with van der Waals surface area (Å²) < 4.78 is 2.19. The fourth-order valence-electron chi connectivity index (χ4n) is 1.56. The SMILES string of the molecule is CCc1nnc2n1CCCCN2. The molecule has 1 aliphatic heterocycles. The molecule has 1 aliphatic rings. The van der Waals surface area contributed by atoms with Crippen LogP contribution >= 0.6 is 0 Å². The highest BCUT2D eigenvalue weighted by molar-refractivity contribution is 5.26. The maximum absolute atomic E-state index is 4.11. The summed E-state index contributed by atoms with van der Waals surface area (Å²) >= 11 is 0. The van der Waals surface area contributed by atoms with Crippen LogP contribution in [0.15, 0.2) is 0 Å². The summed E-state index contributed by atoms with van der Waals surface area (Å²) in [7, 11) is 0. The van der Waals surface area contributed by atoms with Crippen LogP contribution in [0.25, 0.3) is 0 Å². The first-order valence-corrected chi connectivity index (χ1v) is 4.57. The monoisotopic (exact) mass is 166 g/mol. The lowest BCUT2D eigenvalue weighted by molar-refractivity contribution is 0.625. The summed E-state index contributed by atoms with van der Waals surface area (Å²) in [4.78, 5) is 0. The minimum Gasteiger partial charge on any atom is -0.354 e. The Kier molecular flexibility index (Phi) is 1.98. The summed E-state index contributed by atoms with van der Waals surface area (Å²) in [5.74, 6) is 2.05. The van der Waals surface area contributed by atoms with Crippen LogP contribution in [0.3, 0.4) is 0 Å². The molecule has 0 amide bonds. The molecular weight excluding hydrogens is 152 g/mol. The van der Waals surface area contributed by atoms with E-state index in [2.05, 4.69) is 27.0 Å². The van der Waals surface area contributed by atoms with Crippen molar-refractivity contribution in [3.63, 3.8) is 0 Å². The molecule has 1 aromatic heterocycles. The van der Waals surface area contributed by atoms with Crippen LogP contribution in [0, 0.1) is 0 Å². The molecule has 0 aliphatic carbocycles. The summed E-state index contributed by atoms with van der Waals surface area (Å²) in [5, 5.41) is 11.5. The van der Waals surface area contributed by atoms with Crippen molar-refractivity contribution in [1.82, 2.24) is 14.8 Å². The molecule has 4 nitrogen and oxygen atoms in total. The number of nitrogens with zero attached hydrogens (tertiary/aromatic N) is 3.